The summed E-state index contributed by atoms with van der Waals surface area (Å²) in [4.78, 5) is 53.3. The van der Waals surface area contributed by atoms with Crippen molar-refractivity contribution >= 4 is 28.8 Å². The van der Waals surface area contributed by atoms with Gasteiger partial charge in [0.25, 0.3) is 5.56 Å². The highest BCUT2D eigenvalue weighted by Gasteiger charge is 2.26. The molecule has 1 atom stereocenters. The fourth-order valence-electron chi connectivity index (χ4n) is 3.93. The number of aromatic nitrogens is 6. The van der Waals surface area contributed by atoms with Crippen molar-refractivity contribution in [3.8, 4) is 11.8 Å². The molecule has 1 aliphatic heterocycles. The van der Waals surface area contributed by atoms with E-state index < -0.39 is 23.7 Å². The first-order valence-corrected chi connectivity index (χ1v) is 10.6. The van der Waals surface area contributed by atoms with Crippen molar-refractivity contribution in [2.75, 3.05) is 23.3 Å². The average molecular weight is 451 g/mol. The van der Waals surface area contributed by atoms with Gasteiger partial charge in [-0.3, -0.25) is 18.7 Å². The van der Waals surface area contributed by atoms with Gasteiger partial charge in [-0.1, -0.05) is 5.92 Å². The van der Waals surface area contributed by atoms with Crippen molar-refractivity contribution < 1.29 is 4.79 Å². The second kappa shape index (κ2) is 9.25. The first-order valence-electron chi connectivity index (χ1n) is 10.6. The zero-order valence-electron chi connectivity index (χ0n) is 18.5. The van der Waals surface area contributed by atoms with Crippen molar-refractivity contribution in [3.63, 3.8) is 0 Å². The van der Waals surface area contributed by atoms with E-state index >= 15 is 0 Å². The minimum absolute atomic E-state index is 0.00441. The SMILES string of the molecule is CC#CCn1c(N2CCCC(N)C2)nc2c1c(=O)n(CC(=O)Nc1ccncn1)c(=O)n2C. The van der Waals surface area contributed by atoms with Gasteiger partial charge in [0.05, 0.1) is 6.54 Å². The summed E-state index contributed by atoms with van der Waals surface area (Å²) in [6, 6.07) is 1.51. The molecular weight excluding hydrogens is 426 g/mol. The Morgan fingerprint density at radius 3 is 2.85 bits per heavy atom. The van der Waals surface area contributed by atoms with Gasteiger partial charge < -0.3 is 16.0 Å². The summed E-state index contributed by atoms with van der Waals surface area (Å²) in [6.07, 6.45) is 4.57. The van der Waals surface area contributed by atoms with Crippen LogP contribution in [0.1, 0.15) is 19.8 Å². The number of nitrogens with two attached hydrogens (primary N) is 1. The fraction of sp³-hybridized carbons (Fsp3) is 0.429. The van der Waals surface area contributed by atoms with E-state index in [-0.39, 0.29) is 29.6 Å². The van der Waals surface area contributed by atoms with Crippen molar-refractivity contribution in [2.24, 2.45) is 12.8 Å². The highest BCUT2D eigenvalue weighted by atomic mass is 16.2. The second-order valence-electron chi connectivity index (χ2n) is 7.82. The van der Waals surface area contributed by atoms with Crippen LogP contribution in [0.15, 0.2) is 28.2 Å². The van der Waals surface area contributed by atoms with E-state index in [1.165, 1.54) is 30.2 Å². The summed E-state index contributed by atoms with van der Waals surface area (Å²) in [5.41, 5.74) is 5.36. The van der Waals surface area contributed by atoms with Gasteiger partial charge in [-0.25, -0.2) is 19.3 Å². The van der Waals surface area contributed by atoms with Gasteiger partial charge >= 0.3 is 5.69 Å². The summed E-state index contributed by atoms with van der Waals surface area (Å²) in [7, 11) is 1.53. The average Bonchev–Trinajstić information content (AvgIpc) is 3.19. The number of piperidine rings is 1. The monoisotopic (exact) mass is 451 g/mol. The molecule has 3 aromatic heterocycles. The standard InChI is InChI=1S/C21H25N9O3/c1-3-4-10-29-17-18(26-20(29)28-9-5-6-14(22)11-28)27(2)21(33)30(19(17)32)12-16(31)25-15-7-8-23-13-24-15/h7-8,13-14H,5-6,9-12,22H2,1-2H3,(H,23,24,25,31). The Kier molecular flexibility index (Phi) is 6.23. The predicted octanol–water partition coefficient (Wildman–Crippen LogP) is -0.724. The van der Waals surface area contributed by atoms with Gasteiger partial charge in [0, 0.05) is 32.4 Å². The third kappa shape index (κ3) is 4.35. The van der Waals surface area contributed by atoms with Crippen LogP contribution in [-0.2, 0) is 24.9 Å². The fourth-order valence-corrected chi connectivity index (χ4v) is 3.93. The summed E-state index contributed by atoms with van der Waals surface area (Å²) in [6.45, 7) is 2.78. The Balaban J connectivity index is 1.81. The van der Waals surface area contributed by atoms with E-state index in [4.69, 9.17) is 5.73 Å². The molecule has 0 radical (unpaired) electrons. The summed E-state index contributed by atoms with van der Waals surface area (Å²) < 4.78 is 3.87. The smallest absolute Gasteiger partial charge is 0.332 e. The molecule has 0 saturated carbocycles. The quantitative estimate of drug-likeness (QED) is 0.483. The maximum atomic E-state index is 13.4. The Hall–Kier alpha value is -3.98. The Morgan fingerprint density at radius 1 is 1.33 bits per heavy atom. The van der Waals surface area contributed by atoms with E-state index in [0.29, 0.717) is 12.5 Å². The van der Waals surface area contributed by atoms with Crippen LogP contribution >= 0.6 is 0 Å². The van der Waals surface area contributed by atoms with E-state index in [0.717, 1.165) is 24.0 Å². The molecule has 4 rings (SSSR count). The molecule has 12 nitrogen and oxygen atoms in total. The van der Waals surface area contributed by atoms with Crippen molar-refractivity contribution in [2.45, 2.75) is 38.9 Å². The zero-order chi connectivity index (χ0) is 23.5. The van der Waals surface area contributed by atoms with Gasteiger partial charge in [0.15, 0.2) is 11.2 Å². The molecule has 4 heterocycles. The molecule has 33 heavy (non-hydrogen) atoms. The van der Waals surface area contributed by atoms with Crippen LogP contribution in [0.3, 0.4) is 0 Å². The number of anilines is 2. The van der Waals surface area contributed by atoms with Crippen molar-refractivity contribution in [1.29, 1.82) is 0 Å². The lowest BCUT2D eigenvalue weighted by atomic mass is 10.1. The lowest BCUT2D eigenvalue weighted by Gasteiger charge is -2.31. The highest BCUT2D eigenvalue weighted by Crippen LogP contribution is 2.22. The largest absolute Gasteiger partial charge is 0.341 e. The molecule has 0 bridgehead atoms. The Labute approximate surface area is 189 Å². The topological polar surface area (TPSA) is 146 Å². The predicted molar refractivity (Wildman–Crippen MR) is 123 cm³/mol. The number of hydrogen-bond donors (Lipinski definition) is 2. The molecule has 0 aliphatic carbocycles. The number of carbonyl (C=O) groups excluding carboxylic acids is 1. The Bertz CT molecular complexity index is 1360. The molecule has 3 aromatic rings. The van der Waals surface area contributed by atoms with Gasteiger partial charge in [-0.2, -0.15) is 4.98 Å². The summed E-state index contributed by atoms with van der Waals surface area (Å²) in [5, 5.41) is 2.56. The number of imidazole rings is 1. The molecule has 0 spiro atoms. The number of hydrogen-bond acceptors (Lipinski definition) is 8. The molecule has 12 heteroatoms. The third-order valence-corrected chi connectivity index (χ3v) is 5.52. The number of amides is 1. The molecule has 3 N–H and O–H groups in total. The zero-order valence-corrected chi connectivity index (χ0v) is 18.5. The molecule has 1 fully saturated rings. The number of nitrogens with one attached hydrogen (secondary N) is 1. The lowest BCUT2D eigenvalue weighted by Crippen LogP contribution is -2.44. The maximum absolute atomic E-state index is 13.4. The van der Waals surface area contributed by atoms with Gasteiger partial charge in [-0.05, 0) is 25.8 Å². The van der Waals surface area contributed by atoms with Gasteiger partial charge in [-0.15, -0.1) is 5.92 Å². The van der Waals surface area contributed by atoms with Crippen LogP contribution in [0.4, 0.5) is 11.8 Å². The number of aryl methyl sites for hydroxylation is 1. The number of nitrogens with zero attached hydrogens (tertiary/aromatic N) is 7. The maximum Gasteiger partial charge on any atom is 0.332 e. The molecule has 1 amide bonds. The summed E-state index contributed by atoms with van der Waals surface area (Å²) in [5.74, 6) is 6.06. The third-order valence-electron chi connectivity index (χ3n) is 5.52. The highest BCUT2D eigenvalue weighted by molar-refractivity contribution is 5.89. The minimum atomic E-state index is -0.640. The van der Waals surface area contributed by atoms with Crippen molar-refractivity contribution in [1.82, 2.24) is 28.7 Å². The van der Waals surface area contributed by atoms with E-state index in [2.05, 4.69) is 32.1 Å². The van der Waals surface area contributed by atoms with Crippen LogP contribution < -0.4 is 27.2 Å². The first-order chi connectivity index (χ1) is 15.9. The minimum Gasteiger partial charge on any atom is -0.341 e. The lowest BCUT2D eigenvalue weighted by molar-refractivity contribution is -0.116. The van der Waals surface area contributed by atoms with Crippen LogP contribution in [0.2, 0.25) is 0 Å². The van der Waals surface area contributed by atoms with Gasteiger partial charge in [0.1, 0.15) is 18.7 Å². The number of carbonyl (C=O) groups is 1. The molecule has 172 valence electrons. The van der Waals surface area contributed by atoms with Crippen LogP contribution in [0, 0.1) is 11.8 Å². The van der Waals surface area contributed by atoms with Gasteiger partial charge in [0.2, 0.25) is 11.9 Å². The molecular formula is C21H25N9O3. The van der Waals surface area contributed by atoms with Crippen LogP contribution in [-0.4, -0.2) is 53.7 Å². The molecule has 1 aliphatic rings. The second-order valence-corrected chi connectivity index (χ2v) is 7.82. The van der Waals surface area contributed by atoms with E-state index in [1.807, 2.05) is 4.90 Å². The number of rotatable bonds is 5. The first kappa shape index (κ1) is 22.2. The molecule has 1 unspecified atom stereocenters. The Morgan fingerprint density at radius 2 is 2.15 bits per heavy atom. The van der Waals surface area contributed by atoms with E-state index in [1.54, 1.807) is 11.5 Å². The van der Waals surface area contributed by atoms with Crippen LogP contribution in [0.5, 0.6) is 0 Å². The van der Waals surface area contributed by atoms with E-state index in [9.17, 15) is 14.4 Å². The van der Waals surface area contributed by atoms with Crippen LogP contribution in [0.25, 0.3) is 11.2 Å². The number of fused-ring (bicyclic) bond motifs is 1. The van der Waals surface area contributed by atoms with Crippen molar-refractivity contribution in [3.05, 3.63) is 39.4 Å². The molecule has 0 aromatic carbocycles. The normalized spacial score (nSPS) is 15.8. The summed E-state index contributed by atoms with van der Waals surface area (Å²) >= 11 is 0. The molecule has 1 saturated heterocycles.